The molecule has 2 atom stereocenters. The van der Waals surface area contributed by atoms with E-state index in [9.17, 15) is 0 Å². The van der Waals surface area contributed by atoms with Crippen LogP contribution in [0.15, 0.2) is 54.6 Å². The molecule has 2 heterocycles. The molecule has 0 saturated carbocycles. The highest BCUT2D eigenvalue weighted by atomic mass is 15.1. The summed E-state index contributed by atoms with van der Waals surface area (Å²) in [7, 11) is 0. The van der Waals surface area contributed by atoms with Crippen LogP contribution in [-0.4, -0.2) is 24.5 Å². The van der Waals surface area contributed by atoms with Crippen LogP contribution in [0, 0.1) is 0 Å². The summed E-state index contributed by atoms with van der Waals surface area (Å²) in [6, 6.07) is 20.1. The molecule has 0 amide bonds. The maximum atomic E-state index is 2.70. The molecule has 0 N–H and O–H groups in total. The van der Waals surface area contributed by atoms with Crippen LogP contribution in [0.1, 0.15) is 41.4 Å². The SMILES string of the molecule is c1ccc(CCN2CC3CCC(C2)c2ccccc23)cc1. The van der Waals surface area contributed by atoms with Crippen molar-refractivity contribution in [2.45, 2.75) is 31.1 Å². The average Bonchev–Trinajstić information content (AvgIpc) is 2.85. The third kappa shape index (κ3) is 2.63. The van der Waals surface area contributed by atoms with Crippen molar-refractivity contribution in [2.75, 3.05) is 19.6 Å². The van der Waals surface area contributed by atoms with Crippen LogP contribution in [-0.2, 0) is 6.42 Å². The van der Waals surface area contributed by atoms with Crippen LogP contribution < -0.4 is 0 Å². The van der Waals surface area contributed by atoms with E-state index in [2.05, 4.69) is 59.5 Å². The highest BCUT2D eigenvalue weighted by Gasteiger charge is 2.33. The van der Waals surface area contributed by atoms with E-state index in [0.717, 1.165) is 11.8 Å². The van der Waals surface area contributed by atoms with E-state index in [1.807, 2.05) is 0 Å². The zero-order chi connectivity index (χ0) is 14.1. The summed E-state index contributed by atoms with van der Waals surface area (Å²) >= 11 is 0. The van der Waals surface area contributed by atoms with Gasteiger partial charge in [-0.1, -0.05) is 54.6 Å². The van der Waals surface area contributed by atoms with E-state index in [1.165, 1.54) is 44.5 Å². The molecular weight excluding hydrogens is 254 g/mol. The molecule has 1 fully saturated rings. The number of hydrogen-bond acceptors (Lipinski definition) is 1. The van der Waals surface area contributed by atoms with E-state index >= 15 is 0 Å². The van der Waals surface area contributed by atoms with E-state index < -0.39 is 0 Å². The van der Waals surface area contributed by atoms with Gasteiger partial charge in [-0.3, -0.25) is 0 Å². The standard InChI is InChI=1S/C20H23N/c1-2-6-16(7-3-1)12-13-21-14-17-10-11-18(15-21)20-9-5-4-8-19(17)20/h1-9,17-18H,10-15H2. The number of fused-ring (bicyclic) bond motifs is 3. The van der Waals surface area contributed by atoms with Crippen LogP contribution in [0.2, 0.25) is 0 Å². The molecule has 2 aromatic carbocycles. The summed E-state index contributed by atoms with van der Waals surface area (Å²) in [5.74, 6) is 1.52. The maximum Gasteiger partial charge on any atom is 0.00507 e. The van der Waals surface area contributed by atoms with Crippen LogP contribution in [0.3, 0.4) is 0 Å². The number of benzene rings is 2. The topological polar surface area (TPSA) is 3.24 Å². The Morgan fingerprint density at radius 3 is 1.95 bits per heavy atom. The molecule has 0 aromatic heterocycles. The molecular formula is C20H23N. The Morgan fingerprint density at radius 1 is 0.762 bits per heavy atom. The third-order valence-corrected chi connectivity index (χ3v) is 5.26. The Hall–Kier alpha value is -1.60. The highest BCUT2D eigenvalue weighted by Crippen LogP contribution is 2.42. The Balaban J connectivity index is 1.49. The molecule has 1 saturated heterocycles. The van der Waals surface area contributed by atoms with Crippen LogP contribution in [0.4, 0.5) is 0 Å². The summed E-state index contributed by atoms with van der Waals surface area (Å²) in [5, 5.41) is 0. The Bertz CT molecular complexity index is 571. The van der Waals surface area contributed by atoms with Gasteiger partial charge < -0.3 is 4.90 Å². The fourth-order valence-corrected chi connectivity index (χ4v) is 4.16. The summed E-state index contributed by atoms with van der Waals surface area (Å²) in [5.41, 5.74) is 4.73. The summed E-state index contributed by atoms with van der Waals surface area (Å²) in [4.78, 5) is 2.70. The van der Waals surface area contributed by atoms with Crippen molar-refractivity contribution in [3.63, 3.8) is 0 Å². The lowest BCUT2D eigenvalue weighted by Crippen LogP contribution is -2.29. The lowest BCUT2D eigenvalue weighted by atomic mass is 9.78. The third-order valence-electron chi connectivity index (χ3n) is 5.26. The van der Waals surface area contributed by atoms with E-state index in [0.29, 0.717) is 0 Å². The van der Waals surface area contributed by atoms with Gasteiger partial charge >= 0.3 is 0 Å². The molecule has 2 unspecified atom stereocenters. The van der Waals surface area contributed by atoms with Gasteiger partial charge in [-0.05, 0) is 47.8 Å². The second-order valence-electron chi connectivity index (χ2n) is 6.60. The first-order chi connectivity index (χ1) is 10.4. The molecule has 0 radical (unpaired) electrons. The van der Waals surface area contributed by atoms with Gasteiger partial charge in [0.15, 0.2) is 0 Å². The average molecular weight is 277 g/mol. The molecule has 0 spiro atoms. The lowest BCUT2D eigenvalue weighted by Gasteiger charge is -2.26. The summed E-state index contributed by atoms with van der Waals surface area (Å²) in [6.07, 6.45) is 3.93. The predicted octanol–water partition coefficient (Wildman–Crippen LogP) is 4.21. The number of rotatable bonds is 3. The summed E-state index contributed by atoms with van der Waals surface area (Å²) < 4.78 is 0. The Morgan fingerprint density at radius 2 is 1.33 bits per heavy atom. The van der Waals surface area contributed by atoms with Gasteiger partial charge in [0.05, 0.1) is 0 Å². The fraction of sp³-hybridized carbons (Fsp3) is 0.400. The van der Waals surface area contributed by atoms with Crippen molar-refractivity contribution in [3.8, 4) is 0 Å². The molecule has 108 valence electrons. The fourth-order valence-electron chi connectivity index (χ4n) is 4.16. The minimum absolute atomic E-state index is 0.760. The normalized spacial score (nSPS) is 24.6. The van der Waals surface area contributed by atoms with Gasteiger partial charge in [-0.2, -0.15) is 0 Å². The number of nitrogens with zero attached hydrogens (tertiary/aromatic N) is 1. The second kappa shape index (κ2) is 5.65. The van der Waals surface area contributed by atoms with E-state index in [1.54, 1.807) is 11.1 Å². The molecule has 2 aromatic rings. The van der Waals surface area contributed by atoms with Crippen LogP contribution >= 0.6 is 0 Å². The first kappa shape index (κ1) is 13.1. The first-order valence-electron chi connectivity index (χ1n) is 8.25. The van der Waals surface area contributed by atoms with Crippen LogP contribution in [0.5, 0.6) is 0 Å². The molecule has 21 heavy (non-hydrogen) atoms. The number of hydrogen-bond donors (Lipinski definition) is 0. The molecule has 2 bridgehead atoms. The quantitative estimate of drug-likeness (QED) is 0.812. The minimum Gasteiger partial charge on any atom is -0.302 e. The smallest absolute Gasteiger partial charge is 0.00507 e. The molecule has 1 aliphatic carbocycles. The maximum absolute atomic E-state index is 2.70. The van der Waals surface area contributed by atoms with Crippen molar-refractivity contribution in [3.05, 3.63) is 71.3 Å². The molecule has 5 rings (SSSR count). The lowest BCUT2D eigenvalue weighted by molar-refractivity contribution is 0.274. The van der Waals surface area contributed by atoms with Crippen molar-refractivity contribution in [1.29, 1.82) is 0 Å². The van der Waals surface area contributed by atoms with Crippen molar-refractivity contribution >= 4 is 0 Å². The minimum atomic E-state index is 0.760. The zero-order valence-electron chi connectivity index (χ0n) is 12.5. The van der Waals surface area contributed by atoms with Crippen LogP contribution in [0.25, 0.3) is 0 Å². The first-order valence-corrected chi connectivity index (χ1v) is 8.25. The van der Waals surface area contributed by atoms with Gasteiger partial charge in [0, 0.05) is 19.6 Å². The summed E-state index contributed by atoms with van der Waals surface area (Å²) in [6.45, 7) is 3.70. The van der Waals surface area contributed by atoms with Crippen molar-refractivity contribution < 1.29 is 0 Å². The van der Waals surface area contributed by atoms with E-state index in [4.69, 9.17) is 0 Å². The highest BCUT2D eigenvalue weighted by molar-refractivity contribution is 5.37. The Kier molecular flexibility index (Phi) is 3.52. The second-order valence-corrected chi connectivity index (χ2v) is 6.60. The van der Waals surface area contributed by atoms with Gasteiger partial charge in [0.1, 0.15) is 0 Å². The van der Waals surface area contributed by atoms with Gasteiger partial charge in [0.25, 0.3) is 0 Å². The molecule has 1 nitrogen and oxygen atoms in total. The molecule has 1 heteroatoms. The zero-order valence-corrected chi connectivity index (χ0v) is 12.5. The van der Waals surface area contributed by atoms with Gasteiger partial charge in [-0.15, -0.1) is 0 Å². The molecule has 3 aliphatic rings. The largest absolute Gasteiger partial charge is 0.302 e. The molecule has 2 aliphatic heterocycles. The Labute approximate surface area is 127 Å². The van der Waals surface area contributed by atoms with Gasteiger partial charge in [-0.25, -0.2) is 0 Å². The van der Waals surface area contributed by atoms with Crippen molar-refractivity contribution in [2.24, 2.45) is 0 Å². The van der Waals surface area contributed by atoms with Gasteiger partial charge in [0.2, 0.25) is 0 Å². The monoisotopic (exact) mass is 277 g/mol. The van der Waals surface area contributed by atoms with E-state index in [-0.39, 0.29) is 0 Å². The predicted molar refractivity (Wildman–Crippen MR) is 87.7 cm³/mol. The van der Waals surface area contributed by atoms with Crippen molar-refractivity contribution in [1.82, 2.24) is 4.90 Å².